The third kappa shape index (κ3) is 6.75. The van der Waals surface area contributed by atoms with E-state index in [1.54, 1.807) is 0 Å². The highest BCUT2D eigenvalue weighted by atomic mass is 19.1. The molecule has 0 amide bonds. The molecule has 0 N–H and O–H groups in total. The standard InChI is InChI=1S/C27H41F/c1-2-22-7-9-24(10-8-22)11-12-25-15-19-27(20-16-25)26-17-13-23(14-18-26)6-4-3-5-21-28/h4,6-10,23,25-27H,2-3,5,11-21H2,1H3/b6-4+. The van der Waals surface area contributed by atoms with Gasteiger partial charge in [0.15, 0.2) is 0 Å². The van der Waals surface area contributed by atoms with Crippen molar-refractivity contribution in [3.05, 3.63) is 47.5 Å². The number of unbranched alkanes of at least 4 members (excludes halogenated alkanes) is 1. The summed E-state index contributed by atoms with van der Waals surface area (Å²) < 4.78 is 12.2. The Kier molecular flexibility index (Phi) is 9.09. The Balaban J connectivity index is 1.32. The maximum atomic E-state index is 12.2. The molecule has 2 saturated carbocycles. The average molecular weight is 385 g/mol. The zero-order valence-electron chi connectivity index (χ0n) is 18.1. The van der Waals surface area contributed by atoms with Crippen LogP contribution in [0.2, 0.25) is 0 Å². The van der Waals surface area contributed by atoms with Gasteiger partial charge in [-0.2, -0.15) is 0 Å². The minimum Gasteiger partial charge on any atom is -0.251 e. The molecule has 0 radical (unpaired) electrons. The van der Waals surface area contributed by atoms with Gasteiger partial charge < -0.3 is 0 Å². The Bertz CT molecular complexity index is 556. The van der Waals surface area contributed by atoms with Crippen LogP contribution >= 0.6 is 0 Å². The summed E-state index contributed by atoms with van der Waals surface area (Å²) in [5.74, 6) is 3.71. The molecular weight excluding hydrogens is 343 g/mol. The zero-order valence-corrected chi connectivity index (χ0v) is 18.1. The van der Waals surface area contributed by atoms with E-state index < -0.39 is 0 Å². The number of alkyl halides is 1. The van der Waals surface area contributed by atoms with Crippen LogP contribution in [-0.4, -0.2) is 6.67 Å². The fourth-order valence-corrected chi connectivity index (χ4v) is 5.55. The molecule has 0 bridgehead atoms. The fourth-order valence-electron chi connectivity index (χ4n) is 5.55. The average Bonchev–Trinajstić information content (AvgIpc) is 2.76. The lowest BCUT2D eigenvalue weighted by Gasteiger charge is -2.37. The molecule has 0 nitrogen and oxygen atoms in total. The van der Waals surface area contributed by atoms with E-state index in [4.69, 9.17) is 0 Å². The molecule has 0 aliphatic heterocycles. The van der Waals surface area contributed by atoms with Gasteiger partial charge >= 0.3 is 0 Å². The zero-order chi connectivity index (χ0) is 19.6. The van der Waals surface area contributed by atoms with E-state index in [2.05, 4.69) is 43.3 Å². The number of benzene rings is 1. The first kappa shape index (κ1) is 21.6. The van der Waals surface area contributed by atoms with E-state index in [0.29, 0.717) is 6.42 Å². The first-order chi connectivity index (χ1) is 13.8. The summed E-state index contributed by atoms with van der Waals surface area (Å²) in [5.41, 5.74) is 2.98. The van der Waals surface area contributed by atoms with Crippen molar-refractivity contribution in [2.45, 2.75) is 90.4 Å². The van der Waals surface area contributed by atoms with Gasteiger partial charge in [0.05, 0.1) is 6.67 Å². The number of aryl methyl sites for hydroxylation is 2. The van der Waals surface area contributed by atoms with Gasteiger partial charge in [0.25, 0.3) is 0 Å². The second-order valence-corrected chi connectivity index (χ2v) is 9.42. The second kappa shape index (κ2) is 11.8. The van der Waals surface area contributed by atoms with Crippen molar-refractivity contribution in [2.75, 3.05) is 6.67 Å². The second-order valence-electron chi connectivity index (χ2n) is 9.42. The van der Waals surface area contributed by atoms with Gasteiger partial charge in [0, 0.05) is 0 Å². The van der Waals surface area contributed by atoms with Crippen molar-refractivity contribution in [1.82, 2.24) is 0 Å². The van der Waals surface area contributed by atoms with Crippen LogP contribution in [0.5, 0.6) is 0 Å². The predicted molar refractivity (Wildman–Crippen MR) is 119 cm³/mol. The highest BCUT2D eigenvalue weighted by molar-refractivity contribution is 5.22. The largest absolute Gasteiger partial charge is 0.251 e. The van der Waals surface area contributed by atoms with E-state index >= 15 is 0 Å². The third-order valence-electron chi connectivity index (χ3n) is 7.56. The predicted octanol–water partition coefficient (Wildman–Crippen LogP) is 8.10. The Labute approximate surface area is 173 Å². The van der Waals surface area contributed by atoms with Gasteiger partial charge in [-0.05, 0) is 105 Å². The quantitative estimate of drug-likeness (QED) is 0.298. The fraction of sp³-hybridized carbons (Fsp3) is 0.704. The molecule has 2 aliphatic rings. The highest BCUT2D eigenvalue weighted by Crippen LogP contribution is 2.42. The summed E-state index contributed by atoms with van der Waals surface area (Å²) in [6.07, 6.45) is 21.5. The monoisotopic (exact) mass is 384 g/mol. The molecule has 0 unspecified atom stereocenters. The molecule has 156 valence electrons. The normalized spacial score (nSPS) is 28.6. The van der Waals surface area contributed by atoms with Crippen molar-refractivity contribution >= 4 is 0 Å². The van der Waals surface area contributed by atoms with Crippen molar-refractivity contribution in [3.8, 4) is 0 Å². The van der Waals surface area contributed by atoms with Gasteiger partial charge in [-0.15, -0.1) is 0 Å². The van der Waals surface area contributed by atoms with Crippen molar-refractivity contribution in [1.29, 1.82) is 0 Å². The van der Waals surface area contributed by atoms with E-state index in [1.165, 1.54) is 75.3 Å². The first-order valence-corrected chi connectivity index (χ1v) is 12.1. The maximum absolute atomic E-state index is 12.2. The van der Waals surface area contributed by atoms with E-state index in [0.717, 1.165) is 36.5 Å². The minimum absolute atomic E-state index is 0.176. The van der Waals surface area contributed by atoms with Crippen molar-refractivity contribution in [2.24, 2.45) is 23.7 Å². The third-order valence-corrected chi connectivity index (χ3v) is 7.56. The number of hydrogen-bond donors (Lipinski definition) is 0. The topological polar surface area (TPSA) is 0 Å². The van der Waals surface area contributed by atoms with Crippen LogP contribution in [0.4, 0.5) is 4.39 Å². The Morgan fingerprint density at radius 1 is 0.857 bits per heavy atom. The summed E-state index contributed by atoms with van der Waals surface area (Å²) in [7, 11) is 0. The molecule has 0 saturated heterocycles. The molecule has 28 heavy (non-hydrogen) atoms. The van der Waals surface area contributed by atoms with Crippen molar-refractivity contribution < 1.29 is 4.39 Å². The molecule has 0 aromatic heterocycles. The van der Waals surface area contributed by atoms with E-state index in [-0.39, 0.29) is 6.67 Å². The lowest BCUT2D eigenvalue weighted by atomic mass is 9.68. The molecule has 0 heterocycles. The molecule has 0 atom stereocenters. The highest BCUT2D eigenvalue weighted by Gasteiger charge is 2.30. The Morgan fingerprint density at radius 2 is 1.46 bits per heavy atom. The van der Waals surface area contributed by atoms with Crippen molar-refractivity contribution in [3.63, 3.8) is 0 Å². The van der Waals surface area contributed by atoms with Gasteiger partial charge in [-0.3, -0.25) is 4.39 Å². The van der Waals surface area contributed by atoms with Crippen LogP contribution in [0.3, 0.4) is 0 Å². The number of allylic oxidation sites excluding steroid dienone is 2. The van der Waals surface area contributed by atoms with Gasteiger partial charge in [0.1, 0.15) is 0 Å². The molecular formula is C27H41F. The lowest BCUT2D eigenvalue weighted by molar-refractivity contribution is 0.152. The van der Waals surface area contributed by atoms with Gasteiger partial charge in [-0.25, -0.2) is 0 Å². The molecule has 2 fully saturated rings. The van der Waals surface area contributed by atoms with Crippen LogP contribution < -0.4 is 0 Å². The Hall–Kier alpha value is -1.11. The lowest BCUT2D eigenvalue weighted by Crippen LogP contribution is -2.25. The number of halogens is 1. The first-order valence-electron chi connectivity index (χ1n) is 12.1. The van der Waals surface area contributed by atoms with Crippen LogP contribution in [0, 0.1) is 23.7 Å². The number of rotatable bonds is 9. The van der Waals surface area contributed by atoms with Gasteiger partial charge in [-0.1, -0.05) is 56.2 Å². The van der Waals surface area contributed by atoms with E-state index in [1.807, 2.05) is 0 Å². The van der Waals surface area contributed by atoms with Crippen LogP contribution in [0.25, 0.3) is 0 Å². The molecule has 2 aliphatic carbocycles. The maximum Gasteiger partial charge on any atom is 0.0897 e. The van der Waals surface area contributed by atoms with E-state index in [9.17, 15) is 4.39 Å². The number of hydrogen-bond acceptors (Lipinski definition) is 0. The Morgan fingerprint density at radius 3 is 2.07 bits per heavy atom. The summed E-state index contributed by atoms with van der Waals surface area (Å²) in [6.45, 7) is 2.05. The van der Waals surface area contributed by atoms with Crippen LogP contribution in [0.15, 0.2) is 36.4 Å². The smallest absolute Gasteiger partial charge is 0.0897 e. The molecule has 1 heteroatoms. The summed E-state index contributed by atoms with van der Waals surface area (Å²) in [6, 6.07) is 9.29. The summed E-state index contributed by atoms with van der Waals surface area (Å²) in [5, 5.41) is 0. The molecule has 0 spiro atoms. The van der Waals surface area contributed by atoms with Crippen LogP contribution in [0.1, 0.15) is 88.7 Å². The molecule has 1 aromatic rings. The SMILES string of the molecule is CCc1ccc(CCC2CCC(C3CCC(/C=C/CCCF)CC3)CC2)cc1. The van der Waals surface area contributed by atoms with Gasteiger partial charge in [0.2, 0.25) is 0 Å². The molecule has 1 aromatic carbocycles. The summed E-state index contributed by atoms with van der Waals surface area (Å²) in [4.78, 5) is 0. The molecule has 3 rings (SSSR count). The minimum atomic E-state index is -0.176. The summed E-state index contributed by atoms with van der Waals surface area (Å²) >= 11 is 0. The van der Waals surface area contributed by atoms with Crippen LogP contribution in [-0.2, 0) is 12.8 Å².